The van der Waals surface area contributed by atoms with Crippen LogP contribution in [0.5, 0.6) is 0 Å². The summed E-state index contributed by atoms with van der Waals surface area (Å²) in [6.07, 6.45) is 0. The van der Waals surface area contributed by atoms with E-state index in [0.29, 0.717) is 6.54 Å². The Morgan fingerprint density at radius 2 is 2.24 bits per heavy atom. The number of hydrogen-bond donors (Lipinski definition) is 1. The number of likely N-dealkylation sites (N-methyl/N-ethyl adjacent to an activating group) is 1. The highest BCUT2D eigenvalue weighted by atomic mass is 79.9. The van der Waals surface area contributed by atoms with Crippen LogP contribution in [0.4, 0.5) is 0 Å². The van der Waals surface area contributed by atoms with Gasteiger partial charge < -0.3 is 5.32 Å². The molecule has 0 aliphatic rings. The molecule has 0 saturated carbocycles. The third-order valence-corrected chi connectivity index (χ3v) is 3.98. The number of halogens is 1. The Labute approximate surface area is 115 Å². The molecule has 96 valence electrons. The van der Waals surface area contributed by atoms with Crippen LogP contribution < -0.4 is 5.32 Å². The summed E-state index contributed by atoms with van der Waals surface area (Å²) in [4.78, 5) is 14.9. The van der Waals surface area contributed by atoms with Crippen molar-refractivity contribution in [2.45, 2.75) is 20.4 Å². The van der Waals surface area contributed by atoms with Gasteiger partial charge in [-0.2, -0.15) is 0 Å². The normalized spacial score (nSPS) is 11.2. The lowest BCUT2D eigenvalue weighted by atomic mass is 10.2. The van der Waals surface area contributed by atoms with Crippen molar-refractivity contribution < 1.29 is 4.79 Å². The number of thiophene rings is 1. The fraction of sp³-hybridized carbons (Fsp3) is 0.583. The van der Waals surface area contributed by atoms with E-state index in [9.17, 15) is 4.79 Å². The lowest BCUT2D eigenvalue weighted by Gasteiger charge is -2.16. The van der Waals surface area contributed by atoms with E-state index in [1.165, 1.54) is 4.88 Å². The van der Waals surface area contributed by atoms with Gasteiger partial charge in [0.25, 0.3) is 0 Å². The van der Waals surface area contributed by atoms with Crippen molar-refractivity contribution in [3.8, 4) is 0 Å². The zero-order valence-corrected chi connectivity index (χ0v) is 12.9. The van der Waals surface area contributed by atoms with Crippen LogP contribution >= 0.6 is 27.3 Å². The van der Waals surface area contributed by atoms with E-state index in [1.807, 2.05) is 13.8 Å². The summed E-state index contributed by atoms with van der Waals surface area (Å²) in [5.41, 5.74) is 0. The second-order valence-corrected chi connectivity index (χ2v) is 6.94. The first-order valence-corrected chi connectivity index (χ1v) is 7.30. The predicted molar refractivity (Wildman–Crippen MR) is 76.2 cm³/mol. The van der Waals surface area contributed by atoms with Gasteiger partial charge in [0, 0.05) is 30.4 Å². The maximum atomic E-state index is 11.4. The highest BCUT2D eigenvalue weighted by Gasteiger charge is 2.07. The van der Waals surface area contributed by atoms with Crippen LogP contribution in [-0.4, -0.2) is 30.9 Å². The van der Waals surface area contributed by atoms with Gasteiger partial charge in [-0.05, 0) is 35.1 Å². The van der Waals surface area contributed by atoms with Crippen LogP contribution in [0, 0.1) is 5.92 Å². The molecule has 1 amide bonds. The standard InChI is InChI=1S/C12H19BrN2OS/c1-9(2)12(16)14-6-7-15(3)8-10-4-5-11(13)17-10/h4-5,9H,6-8H2,1-3H3,(H,14,16). The van der Waals surface area contributed by atoms with Crippen molar-refractivity contribution in [2.75, 3.05) is 20.1 Å². The number of nitrogens with zero attached hydrogens (tertiary/aromatic N) is 1. The van der Waals surface area contributed by atoms with E-state index in [0.717, 1.165) is 16.9 Å². The molecule has 0 bridgehead atoms. The van der Waals surface area contributed by atoms with E-state index < -0.39 is 0 Å². The third-order valence-electron chi connectivity index (χ3n) is 2.37. The number of carbonyl (C=O) groups is 1. The molecule has 0 aliphatic carbocycles. The van der Waals surface area contributed by atoms with Gasteiger partial charge in [-0.1, -0.05) is 13.8 Å². The number of nitrogens with one attached hydrogen (secondary N) is 1. The van der Waals surface area contributed by atoms with E-state index in [2.05, 4.69) is 45.3 Å². The summed E-state index contributed by atoms with van der Waals surface area (Å²) in [7, 11) is 2.06. The Kier molecular flexibility index (Phi) is 6.16. The van der Waals surface area contributed by atoms with E-state index in [-0.39, 0.29) is 11.8 Å². The molecular weight excluding hydrogens is 300 g/mol. The van der Waals surface area contributed by atoms with Crippen molar-refractivity contribution in [2.24, 2.45) is 5.92 Å². The summed E-state index contributed by atoms with van der Waals surface area (Å²) >= 11 is 5.20. The Balaban J connectivity index is 2.22. The van der Waals surface area contributed by atoms with Gasteiger partial charge in [-0.15, -0.1) is 11.3 Å². The molecule has 0 aromatic carbocycles. The number of rotatable bonds is 6. The van der Waals surface area contributed by atoms with E-state index >= 15 is 0 Å². The van der Waals surface area contributed by atoms with Gasteiger partial charge in [-0.25, -0.2) is 0 Å². The Hall–Kier alpha value is -0.390. The predicted octanol–water partition coefficient (Wildman–Crippen LogP) is 2.71. The first-order valence-electron chi connectivity index (χ1n) is 5.69. The molecule has 1 aromatic heterocycles. The molecule has 0 atom stereocenters. The van der Waals surface area contributed by atoms with Crippen LogP contribution in [0.25, 0.3) is 0 Å². The van der Waals surface area contributed by atoms with Crippen LogP contribution in [0.1, 0.15) is 18.7 Å². The molecule has 1 N–H and O–H groups in total. The van der Waals surface area contributed by atoms with Crippen molar-refractivity contribution in [3.63, 3.8) is 0 Å². The van der Waals surface area contributed by atoms with Crippen molar-refractivity contribution >= 4 is 33.2 Å². The zero-order valence-electron chi connectivity index (χ0n) is 10.5. The summed E-state index contributed by atoms with van der Waals surface area (Å²) in [6.45, 7) is 6.31. The summed E-state index contributed by atoms with van der Waals surface area (Å²) in [5, 5.41) is 2.92. The SMILES string of the molecule is CC(C)C(=O)NCCN(C)Cc1ccc(Br)s1. The molecule has 1 rings (SSSR count). The zero-order chi connectivity index (χ0) is 12.8. The molecular formula is C12H19BrN2OS. The Morgan fingerprint density at radius 1 is 1.53 bits per heavy atom. The fourth-order valence-corrected chi connectivity index (χ4v) is 2.92. The topological polar surface area (TPSA) is 32.3 Å². The Bertz CT molecular complexity index is 365. The molecule has 5 heteroatoms. The van der Waals surface area contributed by atoms with E-state index in [4.69, 9.17) is 0 Å². The molecule has 0 aliphatic heterocycles. The van der Waals surface area contributed by atoms with Gasteiger partial charge in [0.2, 0.25) is 5.91 Å². The molecule has 17 heavy (non-hydrogen) atoms. The minimum absolute atomic E-state index is 0.0635. The van der Waals surface area contributed by atoms with Crippen molar-refractivity contribution in [1.29, 1.82) is 0 Å². The third kappa shape index (κ3) is 5.66. The van der Waals surface area contributed by atoms with Gasteiger partial charge in [0.15, 0.2) is 0 Å². The largest absolute Gasteiger partial charge is 0.355 e. The van der Waals surface area contributed by atoms with Gasteiger partial charge >= 0.3 is 0 Å². The molecule has 0 radical (unpaired) electrons. The van der Waals surface area contributed by atoms with Crippen molar-refractivity contribution in [1.82, 2.24) is 10.2 Å². The second kappa shape index (κ2) is 7.13. The fourth-order valence-electron chi connectivity index (χ4n) is 1.36. The summed E-state index contributed by atoms with van der Waals surface area (Å²) in [6, 6.07) is 4.19. The second-order valence-electron chi connectivity index (χ2n) is 4.39. The highest BCUT2D eigenvalue weighted by molar-refractivity contribution is 9.11. The first-order chi connectivity index (χ1) is 7.99. The highest BCUT2D eigenvalue weighted by Crippen LogP contribution is 2.22. The maximum Gasteiger partial charge on any atom is 0.222 e. The van der Waals surface area contributed by atoms with Gasteiger partial charge in [0.05, 0.1) is 3.79 Å². The summed E-state index contributed by atoms with van der Waals surface area (Å²) < 4.78 is 1.16. The van der Waals surface area contributed by atoms with Gasteiger partial charge in [-0.3, -0.25) is 9.69 Å². The minimum Gasteiger partial charge on any atom is -0.355 e. The smallest absolute Gasteiger partial charge is 0.222 e. The first kappa shape index (κ1) is 14.7. The molecule has 0 fully saturated rings. The molecule has 0 unspecified atom stereocenters. The quantitative estimate of drug-likeness (QED) is 0.874. The van der Waals surface area contributed by atoms with Crippen LogP contribution in [0.15, 0.2) is 15.9 Å². The lowest BCUT2D eigenvalue weighted by Crippen LogP contribution is -2.34. The van der Waals surface area contributed by atoms with Gasteiger partial charge in [0.1, 0.15) is 0 Å². The molecule has 0 spiro atoms. The Morgan fingerprint density at radius 3 is 2.76 bits per heavy atom. The van der Waals surface area contributed by atoms with Crippen LogP contribution in [0.3, 0.4) is 0 Å². The summed E-state index contributed by atoms with van der Waals surface area (Å²) in [5.74, 6) is 0.186. The number of carbonyl (C=O) groups excluding carboxylic acids is 1. The number of hydrogen-bond acceptors (Lipinski definition) is 3. The average Bonchev–Trinajstić information content (AvgIpc) is 2.63. The van der Waals surface area contributed by atoms with E-state index in [1.54, 1.807) is 11.3 Å². The number of amides is 1. The van der Waals surface area contributed by atoms with Crippen molar-refractivity contribution in [3.05, 3.63) is 20.8 Å². The molecule has 1 aromatic rings. The molecule has 3 nitrogen and oxygen atoms in total. The molecule has 0 saturated heterocycles. The lowest BCUT2D eigenvalue weighted by molar-refractivity contribution is -0.124. The monoisotopic (exact) mass is 318 g/mol. The average molecular weight is 319 g/mol. The van der Waals surface area contributed by atoms with Crippen LogP contribution in [0.2, 0.25) is 0 Å². The van der Waals surface area contributed by atoms with Crippen LogP contribution in [-0.2, 0) is 11.3 Å². The molecule has 1 heterocycles. The maximum absolute atomic E-state index is 11.4. The minimum atomic E-state index is 0.0635.